The van der Waals surface area contributed by atoms with Gasteiger partial charge in [0.15, 0.2) is 0 Å². The van der Waals surface area contributed by atoms with Crippen LogP contribution in [-0.2, 0) is 36.1 Å². The van der Waals surface area contributed by atoms with Gasteiger partial charge in [0.1, 0.15) is 0 Å². The Morgan fingerprint density at radius 3 is 2.33 bits per heavy atom. The molecule has 2 rings (SSSR count). The van der Waals surface area contributed by atoms with Gasteiger partial charge in [0, 0.05) is 24.0 Å². The highest BCUT2D eigenvalue weighted by Crippen LogP contribution is 2.50. The van der Waals surface area contributed by atoms with E-state index >= 15 is 0 Å². The van der Waals surface area contributed by atoms with E-state index < -0.39 is 7.60 Å². The van der Waals surface area contributed by atoms with E-state index in [1.54, 1.807) is 37.6 Å². The van der Waals surface area contributed by atoms with Gasteiger partial charge in [-0.25, -0.2) is 0 Å². The summed E-state index contributed by atoms with van der Waals surface area (Å²) in [7, 11) is -3.42. The van der Waals surface area contributed by atoms with E-state index in [0.717, 1.165) is 11.1 Å². The van der Waals surface area contributed by atoms with Crippen molar-refractivity contribution in [3.8, 4) is 0 Å². The zero-order valence-corrected chi connectivity index (χ0v) is 20.8. The molecular weight excluding hydrogens is 441 g/mol. The maximum atomic E-state index is 13.4. The molecule has 0 fully saturated rings. The van der Waals surface area contributed by atoms with E-state index in [1.165, 1.54) is 5.82 Å². The smallest absolute Gasteiger partial charge is 0.354 e. The lowest BCUT2D eigenvalue weighted by atomic mass is 10.00. The first-order valence-corrected chi connectivity index (χ1v) is 12.9. The van der Waals surface area contributed by atoms with Gasteiger partial charge in [-0.2, -0.15) is 0 Å². The Balaban J connectivity index is 2.44. The number of aryl methyl sites for hydroxylation is 1. The van der Waals surface area contributed by atoms with Gasteiger partial charge < -0.3 is 18.4 Å². The fourth-order valence-electron chi connectivity index (χ4n) is 3.55. The molecule has 0 saturated heterocycles. The molecule has 0 bridgehead atoms. The third-order valence-electron chi connectivity index (χ3n) is 4.97. The number of aromatic nitrogens is 1. The zero-order valence-electron chi connectivity index (χ0n) is 19.9. The van der Waals surface area contributed by atoms with Crippen molar-refractivity contribution in [3.63, 3.8) is 0 Å². The van der Waals surface area contributed by atoms with Crippen LogP contribution in [0.2, 0.25) is 0 Å². The van der Waals surface area contributed by atoms with E-state index in [1.807, 2.05) is 37.3 Å². The number of ether oxygens (including phenoxy) is 1. The molecule has 0 radical (unpaired) electrons. The predicted octanol–water partition coefficient (Wildman–Crippen LogP) is 5.33. The molecule has 1 aromatic heterocycles. The second-order valence-corrected chi connectivity index (χ2v) is 9.37. The molecule has 0 N–H and O–H groups in total. The molecule has 0 aliphatic carbocycles. The molecule has 0 aliphatic heterocycles. The summed E-state index contributed by atoms with van der Waals surface area (Å²) < 4.78 is 30.3. The monoisotopic (exact) mass is 475 g/mol. The van der Waals surface area contributed by atoms with Crippen LogP contribution in [0.1, 0.15) is 55.9 Å². The summed E-state index contributed by atoms with van der Waals surface area (Å²) in [4.78, 5) is 25.2. The van der Waals surface area contributed by atoms with Crippen LogP contribution in [0.4, 0.5) is 0 Å². The first-order chi connectivity index (χ1) is 15.8. The van der Waals surface area contributed by atoms with Gasteiger partial charge in [-0.05, 0) is 63.3 Å². The third kappa shape index (κ3) is 8.11. The van der Waals surface area contributed by atoms with Crippen molar-refractivity contribution in [2.75, 3.05) is 19.8 Å². The number of pyridine rings is 1. The molecule has 0 unspecified atom stereocenters. The van der Waals surface area contributed by atoms with Crippen molar-refractivity contribution in [1.29, 1.82) is 0 Å². The quantitative estimate of drug-likeness (QED) is 0.288. The van der Waals surface area contributed by atoms with Gasteiger partial charge in [0.05, 0.1) is 26.4 Å². The molecule has 33 heavy (non-hydrogen) atoms. The lowest BCUT2D eigenvalue weighted by molar-refractivity contribution is -0.143. The van der Waals surface area contributed by atoms with Crippen LogP contribution in [0.15, 0.2) is 47.1 Å². The average Bonchev–Trinajstić information content (AvgIpc) is 2.77. The van der Waals surface area contributed by atoms with E-state index in [9.17, 15) is 14.2 Å². The fourth-order valence-corrected chi connectivity index (χ4v) is 4.85. The number of benzene rings is 1. The number of hydrogen-bond acceptors (Lipinski definition) is 6. The normalized spacial score (nSPS) is 11.8. The Labute approximate surface area is 195 Å². The van der Waals surface area contributed by atoms with Crippen molar-refractivity contribution in [3.05, 3.63) is 75.0 Å². The summed E-state index contributed by atoms with van der Waals surface area (Å²) in [6.45, 7) is 8.40. The minimum absolute atomic E-state index is 0.143. The van der Waals surface area contributed by atoms with Gasteiger partial charge in [0.25, 0.3) is 5.56 Å². The molecule has 1 aromatic carbocycles. The molecule has 1 heterocycles. The Bertz CT molecular complexity index is 1030. The summed E-state index contributed by atoms with van der Waals surface area (Å²) in [5.41, 5.74) is 2.96. The summed E-state index contributed by atoms with van der Waals surface area (Å²) in [6.07, 6.45) is 4.53. The highest BCUT2D eigenvalue weighted by atomic mass is 31.2. The first kappa shape index (κ1) is 26.8. The molecule has 2 aromatic rings. The minimum Gasteiger partial charge on any atom is -0.466 e. The second-order valence-electron chi connectivity index (χ2n) is 7.47. The van der Waals surface area contributed by atoms with Crippen LogP contribution < -0.4 is 5.56 Å². The number of rotatable bonds is 13. The van der Waals surface area contributed by atoms with Crippen LogP contribution in [0.3, 0.4) is 0 Å². The molecule has 0 aliphatic rings. The van der Waals surface area contributed by atoms with Crippen molar-refractivity contribution in [2.24, 2.45) is 0 Å². The van der Waals surface area contributed by atoms with E-state index in [2.05, 4.69) is 0 Å². The summed E-state index contributed by atoms with van der Waals surface area (Å²) in [5.74, 6) is 1.13. The molecule has 180 valence electrons. The number of nitrogens with zero attached hydrogens (tertiary/aromatic N) is 1. The number of hydrogen-bond donors (Lipinski definition) is 0. The highest BCUT2D eigenvalue weighted by molar-refractivity contribution is 7.57. The van der Waals surface area contributed by atoms with Crippen molar-refractivity contribution in [1.82, 2.24) is 4.57 Å². The Kier molecular flexibility index (Phi) is 10.8. The van der Waals surface area contributed by atoms with Gasteiger partial charge in [-0.1, -0.05) is 30.3 Å². The van der Waals surface area contributed by atoms with E-state index in [-0.39, 0.29) is 31.2 Å². The van der Waals surface area contributed by atoms with Gasteiger partial charge >= 0.3 is 13.6 Å². The molecule has 0 atom stereocenters. The Hall–Kier alpha value is -2.47. The summed E-state index contributed by atoms with van der Waals surface area (Å²) >= 11 is 0. The molecule has 7 nitrogen and oxygen atoms in total. The number of esters is 1. The molecular formula is C25H34NO6P. The number of carbonyl (C=O) groups is 1. The molecule has 8 heteroatoms. The zero-order chi connectivity index (χ0) is 24.3. The number of carbonyl (C=O) groups excluding carboxylic acids is 1. The average molecular weight is 476 g/mol. The van der Waals surface area contributed by atoms with Crippen molar-refractivity contribution >= 4 is 19.6 Å². The molecule has 0 saturated carbocycles. The lowest BCUT2D eigenvalue weighted by Crippen LogP contribution is -2.26. The van der Waals surface area contributed by atoms with Crippen LogP contribution >= 0.6 is 7.60 Å². The second kappa shape index (κ2) is 13.3. The lowest BCUT2D eigenvalue weighted by Gasteiger charge is -2.16. The fraction of sp³-hybridized carbons (Fsp3) is 0.440. The minimum atomic E-state index is -3.42. The van der Waals surface area contributed by atoms with Crippen LogP contribution in [-0.4, -0.2) is 30.4 Å². The Morgan fingerprint density at radius 2 is 1.73 bits per heavy atom. The van der Waals surface area contributed by atoms with Crippen molar-refractivity contribution < 1.29 is 23.1 Å². The summed E-state index contributed by atoms with van der Waals surface area (Å²) in [6, 6.07) is 9.74. The first-order valence-electron chi connectivity index (χ1n) is 11.3. The molecule has 0 spiro atoms. The third-order valence-corrected chi connectivity index (χ3v) is 6.72. The van der Waals surface area contributed by atoms with Gasteiger partial charge in [0.2, 0.25) is 0 Å². The SMILES string of the molecule is CCOC(=O)CCCc1c(/C=C/P(=O)(OCC)OCC)c(C)cn(Cc2ccccc2)c1=O. The topological polar surface area (TPSA) is 83.8 Å². The van der Waals surface area contributed by atoms with E-state index in [4.69, 9.17) is 13.8 Å². The van der Waals surface area contributed by atoms with Gasteiger partial charge in [-0.3, -0.25) is 14.2 Å². The standard InChI is InChI=1S/C25H34NO6P/c1-5-30-24(27)15-11-14-23-22(16-17-33(29,31-6-2)32-7-3)20(4)18-26(25(23)28)19-21-12-9-8-10-13-21/h8-10,12-13,16-18H,5-7,11,14-15,19H2,1-4H3/b17-16+. The largest absolute Gasteiger partial charge is 0.466 e. The maximum Gasteiger partial charge on any atom is 0.354 e. The van der Waals surface area contributed by atoms with E-state index in [0.29, 0.717) is 37.1 Å². The predicted molar refractivity (Wildman–Crippen MR) is 130 cm³/mol. The van der Waals surface area contributed by atoms with Crippen LogP contribution in [0, 0.1) is 6.92 Å². The Morgan fingerprint density at radius 1 is 1.06 bits per heavy atom. The molecule has 0 amide bonds. The van der Waals surface area contributed by atoms with Crippen molar-refractivity contribution in [2.45, 2.75) is 53.5 Å². The maximum absolute atomic E-state index is 13.4. The van der Waals surface area contributed by atoms with Crippen LogP contribution in [0.5, 0.6) is 0 Å². The summed E-state index contributed by atoms with van der Waals surface area (Å²) in [5, 5.41) is 0. The highest BCUT2D eigenvalue weighted by Gasteiger charge is 2.20. The van der Waals surface area contributed by atoms with Crippen LogP contribution in [0.25, 0.3) is 6.08 Å². The van der Waals surface area contributed by atoms with Gasteiger partial charge in [-0.15, -0.1) is 0 Å².